The van der Waals surface area contributed by atoms with Gasteiger partial charge in [-0.3, -0.25) is 9.78 Å². The monoisotopic (exact) mass is 244 g/mol. The number of nitrogens with zero attached hydrogens (tertiary/aromatic N) is 2. The van der Waals surface area contributed by atoms with Crippen LogP contribution in [-0.4, -0.2) is 34.5 Å². The molecule has 0 saturated carbocycles. The Bertz CT molecular complexity index is 581. The van der Waals surface area contributed by atoms with Crippen molar-refractivity contribution in [3.8, 4) is 5.75 Å². The minimum atomic E-state index is -0.179. The number of aromatic nitrogens is 1. The number of pyridine rings is 1. The van der Waals surface area contributed by atoms with Gasteiger partial charge in [-0.15, -0.1) is 0 Å². The van der Waals surface area contributed by atoms with Crippen molar-refractivity contribution in [2.75, 3.05) is 13.6 Å². The van der Waals surface area contributed by atoms with Crippen molar-refractivity contribution in [2.45, 2.75) is 13.3 Å². The summed E-state index contributed by atoms with van der Waals surface area (Å²) in [4.78, 5) is 17.8. The van der Waals surface area contributed by atoms with E-state index in [4.69, 9.17) is 0 Å². The topological polar surface area (TPSA) is 53.4 Å². The molecule has 0 atom stereocenters. The number of carbonyl (C=O) groups is 1. The summed E-state index contributed by atoms with van der Waals surface area (Å²) in [6.07, 6.45) is 2.49. The van der Waals surface area contributed by atoms with Crippen molar-refractivity contribution in [1.82, 2.24) is 9.88 Å². The van der Waals surface area contributed by atoms with Crippen molar-refractivity contribution in [1.29, 1.82) is 0 Å². The zero-order chi connectivity index (χ0) is 13.1. The number of amides is 1. The van der Waals surface area contributed by atoms with Gasteiger partial charge < -0.3 is 10.0 Å². The largest absolute Gasteiger partial charge is 0.505 e. The number of carbonyl (C=O) groups excluding carboxylic acids is 1. The Balaban J connectivity index is 2.46. The third kappa shape index (κ3) is 2.14. The summed E-state index contributed by atoms with van der Waals surface area (Å²) in [5.41, 5.74) is 0.769. The molecule has 0 aliphatic rings. The highest BCUT2D eigenvalue weighted by Gasteiger charge is 2.17. The van der Waals surface area contributed by atoms with Gasteiger partial charge in [-0.1, -0.05) is 19.1 Å². The van der Waals surface area contributed by atoms with E-state index < -0.39 is 0 Å². The van der Waals surface area contributed by atoms with Gasteiger partial charge in [0.2, 0.25) is 0 Å². The number of phenols is 1. The van der Waals surface area contributed by atoms with E-state index in [0.717, 1.165) is 11.8 Å². The Morgan fingerprint density at radius 1 is 1.39 bits per heavy atom. The maximum Gasteiger partial charge on any atom is 0.257 e. The second-order valence-corrected chi connectivity index (χ2v) is 4.26. The Labute approximate surface area is 106 Å². The fourth-order valence-electron chi connectivity index (χ4n) is 1.94. The number of phenolic OH excluding ortho intramolecular Hbond substituents is 1. The van der Waals surface area contributed by atoms with E-state index in [-0.39, 0.29) is 11.7 Å². The molecule has 0 saturated heterocycles. The molecule has 2 rings (SSSR count). The van der Waals surface area contributed by atoms with Crippen molar-refractivity contribution < 1.29 is 9.90 Å². The fraction of sp³-hybridized carbons (Fsp3) is 0.286. The van der Waals surface area contributed by atoms with Gasteiger partial charge in [0.15, 0.2) is 5.75 Å². The second-order valence-electron chi connectivity index (χ2n) is 4.26. The van der Waals surface area contributed by atoms with Crippen LogP contribution in [0.1, 0.15) is 23.7 Å². The molecule has 1 amide bonds. The first-order chi connectivity index (χ1) is 8.65. The van der Waals surface area contributed by atoms with Crippen LogP contribution in [-0.2, 0) is 0 Å². The average Bonchev–Trinajstić information content (AvgIpc) is 2.39. The molecule has 2 aromatic rings. The zero-order valence-corrected chi connectivity index (χ0v) is 10.6. The summed E-state index contributed by atoms with van der Waals surface area (Å²) >= 11 is 0. The van der Waals surface area contributed by atoms with Gasteiger partial charge in [-0.05, 0) is 18.6 Å². The maximum absolute atomic E-state index is 12.1. The highest BCUT2D eigenvalue weighted by atomic mass is 16.3. The smallest absolute Gasteiger partial charge is 0.257 e. The van der Waals surface area contributed by atoms with E-state index in [1.807, 2.05) is 13.0 Å². The molecule has 0 spiro atoms. The summed E-state index contributed by atoms with van der Waals surface area (Å²) in [6.45, 7) is 2.67. The Morgan fingerprint density at radius 2 is 2.17 bits per heavy atom. The van der Waals surface area contributed by atoms with Gasteiger partial charge in [-0.25, -0.2) is 0 Å². The van der Waals surface area contributed by atoms with Crippen LogP contribution in [0.4, 0.5) is 0 Å². The first kappa shape index (κ1) is 12.4. The number of rotatable bonds is 3. The lowest BCUT2D eigenvalue weighted by Crippen LogP contribution is -2.27. The quantitative estimate of drug-likeness (QED) is 0.902. The van der Waals surface area contributed by atoms with E-state index in [1.165, 1.54) is 0 Å². The molecule has 0 fully saturated rings. The normalized spacial score (nSPS) is 10.6. The van der Waals surface area contributed by atoms with Gasteiger partial charge in [-0.2, -0.15) is 0 Å². The third-order valence-corrected chi connectivity index (χ3v) is 2.88. The average molecular weight is 244 g/mol. The van der Waals surface area contributed by atoms with Crippen LogP contribution >= 0.6 is 0 Å². The standard InChI is InChI=1S/C14H16N2O2/c1-3-9-16(2)14(18)11-7-6-10-5-4-8-15-12(10)13(11)17/h4-8,17H,3,9H2,1-2H3. The van der Waals surface area contributed by atoms with Crippen LogP contribution < -0.4 is 0 Å². The molecule has 0 aliphatic carbocycles. The Hall–Kier alpha value is -2.10. The van der Waals surface area contributed by atoms with Gasteiger partial charge in [0.1, 0.15) is 5.52 Å². The number of fused-ring (bicyclic) bond motifs is 1. The van der Waals surface area contributed by atoms with Gasteiger partial charge in [0, 0.05) is 25.2 Å². The molecule has 0 radical (unpaired) electrons. The van der Waals surface area contributed by atoms with Crippen LogP contribution in [0, 0.1) is 0 Å². The summed E-state index contributed by atoms with van der Waals surface area (Å²) < 4.78 is 0. The molecule has 0 aliphatic heterocycles. The Kier molecular flexibility index (Phi) is 3.46. The molecule has 1 N–H and O–H groups in total. The molecular formula is C14H16N2O2. The van der Waals surface area contributed by atoms with Crippen molar-refractivity contribution in [3.05, 3.63) is 36.0 Å². The van der Waals surface area contributed by atoms with E-state index in [2.05, 4.69) is 4.98 Å². The van der Waals surface area contributed by atoms with Crippen LogP contribution in [0.5, 0.6) is 5.75 Å². The number of benzene rings is 1. The molecule has 1 aromatic heterocycles. The number of aromatic hydroxyl groups is 1. The molecule has 18 heavy (non-hydrogen) atoms. The molecule has 1 heterocycles. The molecule has 1 aromatic carbocycles. The number of hydrogen-bond acceptors (Lipinski definition) is 3. The highest BCUT2D eigenvalue weighted by molar-refractivity contribution is 6.02. The van der Waals surface area contributed by atoms with E-state index in [9.17, 15) is 9.90 Å². The van der Waals surface area contributed by atoms with E-state index >= 15 is 0 Å². The first-order valence-electron chi connectivity index (χ1n) is 5.97. The maximum atomic E-state index is 12.1. The lowest BCUT2D eigenvalue weighted by molar-refractivity contribution is 0.0792. The van der Waals surface area contributed by atoms with Crippen molar-refractivity contribution in [3.63, 3.8) is 0 Å². The molecule has 94 valence electrons. The summed E-state index contributed by atoms with van der Waals surface area (Å²) in [7, 11) is 1.73. The molecular weight excluding hydrogens is 228 g/mol. The third-order valence-electron chi connectivity index (χ3n) is 2.88. The lowest BCUT2D eigenvalue weighted by atomic mass is 10.1. The SMILES string of the molecule is CCCN(C)C(=O)c1ccc2cccnc2c1O. The second kappa shape index (κ2) is 5.04. The van der Waals surface area contributed by atoms with E-state index in [0.29, 0.717) is 17.6 Å². The van der Waals surface area contributed by atoms with Crippen LogP contribution in [0.2, 0.25) is 0 Å². The van der Waals surface area contributed by atoms with Crippen LogP contribution in [0.25, 0.3) is 10.9 Å². The number of hydrogen-bond donors (Lipinski definition) is 1. The van der Waals surface area contributed by atoms with Gasteiger partial charge >= 0.3 is 0 Å². The summed E-state index contributed by atoms with van der Waals surface area (Å²) in [6, 6.07) is 7.10. The Morgan fingerprint density at radius 3 is 2.89 bits per heavy atom. The van der Waals surface area contributed by atoms with Crippen molar-refractivity contribution >= 4 is 16.8 Å². The van der Waals surface area contributed by atoms with Gasteiger partial charge in [0.05, 0.1) is 5.56 Å². The van der Waals surface area contributed by atoms with Gasteiger partial charge in [0.25, 0.3) is 5.91 Å². The molecule has 0 bridgehead atoms. The summed E-state index contributed by atoms with van der Waals surface area (Å²) in [5, 5.41) is 11.0. The molecule has 4 nitrogen and oxygen atoms in total. The minimum absolute atomic E-state index is 0.0407. The molecule has 4 heteroatoms. The first-order valence-corrected chi connectivity index (χ1v) is 5.97. The zero-order valence-electron chi connectivity index (χ0n) is 10.6. The summed E-state index contributed by atoms with van der Waals surface area (Å²) in [5.74, 6) is -0.219. The predicted molar refractivity (Wildman–Crippen MR) is 70.7 cm³/mol. The lowest BCUT2D eigenvalue weighted by Gasteiger charge is -2.17. The minimum Gasteiger partial charge on any atom is -0.505 e. The fourth-order valence-corrected chi connectivity index (χ4v) is 1.94. The highest BCUT2D eigenvalue weighted by Crippen LogP contribution is 2.27. The predicted octanol–water partition coefficient (Wildman–Crippen LogP) is 2.42. The van der Waals surface area contributed by atoms with Crippen LogP contribution in [0.15, 0.2) is 30.5 Å². The molecule has 0 unspecified atom stereocenters. The van der Waals surface area contributed by atoms with Crippen molar-refractivity contribution in [2.24, 2.45) is 0 Å². The van der Waals surface area contributed by atoms with E-state index in [1.54, 1.807) is 36.3 Å². The van der Waals surface area contributed by atoms with Crippen LogP contribution in [0.3, 0.4) is 0 Å².